The zero-order chi connectivity index (χ0) is 18.0. The van der Waals surface area contributed by atoms with Gasteiger partial charge in [0, 0.05) is 6.42 Å². The molecule has 0 spiro atoms. The fraction of sp³-hybridized carbons (Fsp3) is 0.353. The number of nitrogens with one attached hydrogen (secondary N) is 1. The van der Waals surface area contributed by atoms with Gasteiger partial charge in [-0.05, 0) is 30.0 Å². The minimum Gasteiger partial charge on any atom is -0.476 e. The van der Waals surface area contributed by atoms with Gasteiger partial charge in [0.25, 0.3) is 0 Å². The van der Waals surface area contributed by atoms with Crippen LogP contribution in [0, 0.1) is 0 Å². The highest BCUT2D eigenvalue weighted by Gasteiger charge is 2.21. The Balaban J connectivity index is 1.68. The maximum absolute atomic E-state index is 12.3. The van der Waals surface area contributed by atoms with E-state index in [1.54, 1.807) is 0 Å². The Morgan fingerprint density at radius 1 is 1.36 bits per heavy atom. The molecule has 132 valence electrons. The molecule has 0 saturated carbocycles. The minimum absolute atomic E-state index is 0.0543. The molecule has 0 radical (unpaired) electrons. The normalized spacial score (nSPS) is 13.5. The van der Waals surface area contributed by atoms with E-state index in [1.807, 2.05) is 32.0 Å². The molecular weight excluding hydrogens is 344 g/mol. The lowest BCUT2D eigenvalue weighted by Crippen LogP contribution is -2.15. The third kappa shape index (κ3) is 3.74. The Hall–Kier alpha value is -2.61. The predicted molar refractivity (Wildman–Crippen MR) is 92.7 cm³/mol. The van der Waals surface area contributed by atoms with Crippen LogP contribution in [0.1, 0.15) is 47.2 Å². The molecule has 2 N–H and O–H groups in total. The Labute approximate surface area is 148 Å². The summed E-state index contributed by atoms with van der Waals surface area (Å²) in [6.45, 7) is 4.02. The van der Waals surface area contributed by atoms with Crippen molar-refractivity contribution >= 4 is 28.2 Å². The zero-order valence-corrected chi connectivity index (χ0v) is 14.7. The van der Waals surface area contributed by atoms with Crippen molar-refractivity contribution in [3.8, 4) is 11.5 Å². The molecule has 2 aromatic rings. The fourth-order valence-corrected chi connectivity index (χ4v) is 3.45. The second-order valence-corrected chi connectivity index (χ2v) is 6.79. The summed E-state index contributed by atoms with van der Waals surface area (Å²) in [4.78, 5) is 27.6. The average molecular weight is 362 g/mol. The van der Waals surface area contributed by atoms with Crippen molar-refractivity contribution < 1.29 is 24.2 Å². The highest BCUT2D eigenvalue weighted by Crippen LogP contribution is 2.35. The second-order valence-electron chi connectivity index (χ2n) is 5.71. The number of rotatable bonds is 6. The quantitative estimate of drug-likeness (QED) is 0.818. The molecule has 1 aromatic heterocycles. The van der Waals surface area contributed by atoms with Crippen molar-refractivity contribution in [2.75, 3.05) is 12.1 Å². The van der Waals surface area contributed by atoms with Crippen LogP contribution < -0.4 is 14.8 Å². The monoisotopic (exact) mass is 362 g/mol. The van der Waals surface area contributed by atoms with Crippen molar-refractivity contribution in [1.29, 1.82) is 0 Å². The second kappa shape index (κ2) is 7.10. The molecule has 1 aliphatic heterocycles. The number of anilines is 1. The molecule has 0 saturated heterocycles. The standard InChI is InChI=1S/C17H18N2O5S/c1-3-14-19-15(17(21)22)16(25-14)18-13(20)6-9(2)10-4-5-11-12(7-10)24-8-23-11/h4-5,7,9H,3,6,8H2,1-2H3,(H,18,20)(H,21,22)/t9-/m0/s1. The van der Waals surface area contributed by atoms with Gasteiger partial charge < -0.3 is 19.9 Å². The average Bonchev–Trinajstić information content (AvgIpc) is 3.20. The number of aromatic carboxylic acids is 1. The SMILES string of the molecule is CCc1nc(C(=O)O)c(NC(=O)C[C@H](C)c2ccc3c(c2)OCO3)s1. The Morgan fingerprint density at radius 2 is 2.12 bits per heavy atom. The minimum atomic E-state index is -1.14. The summed E-state index contributed by atoms with van der Waals surface area (Å²) in [6.07, 6.45) is 0.840. The lowest BCUT2D eigenvalue weighted by Gasteiger charge is -2.12. The van der Waals surface area contributed by atoms with Crippen LogP contribution in [0.2, 0.25) is 0 Å². The van der Waals surface area contributed by atoms with Crippen LogP contribution in [0.15, 0.2) is 18.2 Å². The van der Waals surface area contributed by atoms with Gasteiger partial charge >= 0.3 is 5.97 Å². The van der Waals surface area contributed by atoms with Gasteiger partial charge in [0.1, 0.15) is 5.00 Å². The molecule has 7 nitrogen and oxygen atoms in total. The first-order chi connectivity index (χ1) is 12.0. The zero-order valence-electron chi connectivity index (χ0n) is 13.9. The molecule has 0 unspecified atom stereocenters. The number of carboxylic acid groups (broad SMARTS) is 1. The Morgan fingerprint density at radius 3 is 2.84 bits per heavy atom. The number of amides is 1. The molecule has 0 bridgehead atoms. The van der Waals surface area contributed by atoms with E-state index in [0.717, 1.165) is 5.56 Å². The number of benzene rings is 1. The van der Waals surface area contributed by atoms with E-state index >= 15 is 0 Å². The number of aromatic nitrogens is 1. The van der Waals surface area contributed by atoms with Gasteiger partial charge in [0.2, 0.25) is 12.7 Å². The smallest absolute Gasteiger partial charge is 0.357 e. The summed E-state index contributed by atoms with van der Waals surface area (Å²) in [6, 6.07) is 5.59. The van der Waals surface area contributed by atoms with Gasteiger partial charge in [-0.2, -0.15) is 0 Å². The van der Waals surface area contributed by atoms with Gasteiger partial charge in [-0.25, -0.2) is 9.78 Å². The summed E-state index contributed by atoms with van der Waals surface area (Å²) in [5.41, 5.74) is 0.849. The Bertz CT molecular complexity index is 817. The lowest BCUT2D eigenvalue weighted by atomic mass is 9.97. The number of carbonyl (C=O) groups excluding carboxylic acids is 1. The van der Waals surface area contributed by atoms with Crippen molar-refractivity contribution in [3.05, 3.63) is 34.5 Å². The van der Waals surface area contributed by atoms with Gasteiger partial charge in [-0.15, -0.1) is 11.3 Å². The Kier molecular flexibility index (Phi) is 4.89. The number of nitrogens with zero attached hydrogens (tertiary/aromatic N) is 1. The number of hydrogen-bond donors (Lipinski definition) is 2. The molecular formula is C17H18N2O5S. The van der Waals surface area contributed by atoms with Crippen molar-refractivity contribution in [1.82, 2.24) is 4.98 Å². The van der Waals surface area contributed by atoms with Gasteiger partial charge in [0.15, 0.2) is 17.2 Å². The van der Waals surface area contributed by atoms with E-state index in [1.165, 1.54) is 11.3 Å². The number of carbonyl (C=O) groups is 2. The van der Waals surface area contributed by atoms with Gasteiger partial charge in [0.05, 0.1) is 5.01 Å². The molecule has 1 amide bonds. The molecule has 0 aliphatic carbocycles. The van der Waals surface area contributed by atoms with Crippen molar-refractivity contribution in [2.45, 2.75) is 32.6 Å². The molecule has 3 rings (SSSR count). The van der Waals surface area contributed by atoms with Crippen LogP contribution >= 0.6 is 11.3 Å². The van der Waals surface area contributed by atoms with E-state index < -0.39 is 5.97 Å². The molecule has 1 aliphatic rings. The third-order valence-corrected chi connectivity index (χ3v) is 5.00. The van der Waals surface area contributed by atoms with E-state index in [2.05, 4.69) is 10.3 Å². The summed E-state index contributed by atoms with van der Waals surface area (Å²) in [7, 11) is 0. The topological polar surface area (TPSA) is 97.8 Å². The summed E-state index contributed by atoms with van der Waals surface area (Å²) < 4.78 is 10.6. The molecule has 8 heteroatoms. The number of hydrogen-bond acceptors (Lipinski definition) is 6. The first kappa shape index (κ1) is 17.2. The van der Waals surface area contributed by atoms with Crippen LogP contribution in [0.5, 0.6) is 11.5 Å². The highest BCUT2D eigenvalue weighted by atomic mass is 32.1. The molecule has 1 atom stereocenters. The third-order valence-electron chi connectivity index (χ3n) is 3.89. The number of aryl methyl sites for hydroxylation is 1. The van der Waals surface area contributed by atoms with E-state index in [4.69, 9.17) is 9.47 Å². The number of carboxylic acids is 1. The van der Waals surface area contributed by atoms with Crippen LogP contribution in [0.25, 0.3) is 0 Å². The summed E-state index contributed by atoms with van der Waals surface area (Å²) in [5, 5.41) is 12.8. The molecule has 1 aromatic carbocycles. The number of fused-ring (bicyclic) bond motifs is 1. The van der Waals surface area contributed by atoms with Crippen LogP contribution in [0.3, 0.4) is 0 Å². The first-order valence-electron chi connectivity index (χ1n) is 7.90. The largest absolute Gasteiger partial charge is 0.476 e. The maximum atomic E-state index is 12.3. The van der Waals surface area contributed by atoms with E-state index in [9.17, 15) is 14.7 Å². The molecule has 2 heterocycles. The number of ether oxygens (including phenoxy) is 2. The van der Waals surface area contributed by atoms with Crippen molar-refractivity contribution in [2.24, 2.45) is 0 Å². The van der Waals surface area contributed by atoms with E-state index in [-0.39, 0.29) is 35.7 Å². The highest BCUT2D eigenvalue weighted by molar-refractivity contribution is 7.16. The predicted octanol–water partition coefficient (Wildman–Crippen LogP) is 3.26. The number of thiazole rings is 1. The lowest BCUT2D eigenvalue weighted by molar-refractivity contribution is -0.116. The van der Waals surface area contributed by atoms with Gasteiger partial charge in [-0.1, -0.05) is 19.9 Å². The van der Waals surface area contributed by atoms with Crippen molar-refractivity contribution in [3.63, 3.8) is 0 Å². The molecule has 0 fully saturated rings. The van der Waals surface area contributed by atoms with Crippen LogP contribution in [-0.4, -0.2) is 28.8 Å². The van der Waals surface area contributed by atoms with Crippen LogP contribution in [-0.2, 0) is 11.2 Å². The summed E-state index contributed by atoms with van der Waals surface area (Å²) >= 11 is 1.19. The summed E-state index contributed by atoms with van der Waals surface area (Å²) in [5.74, 6) is -0.0772. The van der Waals surface area contributed by atoms with Crippen LogP contribution in [0.4, 0.5) is 5.00 Å². The van der Waals surface area contributed by atoms with Gasteiger partial charge in [-0.3, -0.25) is 4.79 Å². The first-order valence-corrected chi connectivity index (χ1v) is 8.72. The van der Waals surface area contributed by atoms with E-state index in [0.29, 0.717) is 22.9 Å². The fourth-order valence-electron chi connectivity index (χ4n) is 2.54. The maximum Gasteiger partial charge on any atom is 0.357 e. The molecule has 25 heavy (non-hydrogen) atoms.